The highest BCUT2D eigenvalue weighted by molar-refractivity contribution is 5.92. The molecular formula is C25H22N2O2. The molecule has 3 aromatic carbocycles. The average Bonchev–Trinajstić information content (AvgIpc) is 3.21. The van der Waals surface area contributed by atoms with Crippen LogP contribution in [0, 0.1) is 0 Å². The van der Waals surface area contributed by atoms with Gasteiger partial charge in [0.2, 0.25) is 0 Å². The van der Waals surface area contributed by atoms with Gasteiger partial charge in [-0.15, -0.1) is 0 Å². The number of para-hydroxylation sites is 1. The molecule has 4 heteroatoms. The Hall–Kier alpha value is -3.63. The summed E-state index contributed by atoms with van der Waals surface area (Å²) in [4.78, 5) is 11.1. The highest BCUT2D eigenvalue weighted by Crippen LogP contribution is 2.34. The van der Waals surface area contributed by atoms with Gasteiger partial charge in [-0.05, 0) is 46.4 Å². The van der Waals surface area contributed by atoms with E-state index in [4.69, 9.17) is 5.21 Å². The second kappa shape index (κ2) is 8.59. The van der Waals surface area contributed by atoms with Crippen LogP contribution in [0.25, 0.3) is 17.7 Å². The van der Waals surface area contributed by atoms with Crippen molar-refractivity contribution in [2.75, 3.05) is 5.32 Å². The van der Waals surface area contributed by atoms with Gasteiger partial charge in [0.05, 0.1) is 0 Å². The molecule has 0 radical (unpaired) electrons. The third kappa shape index (κ3) is 4.45. The predicted molar refractivity (Wildman–Crippen MR) is 117 cm³/mol. The molecule has 0 heterocycles. The normalized spacial score (nSPS) is 12.5. The zero-order valence-corrected chi connectivity index (χ0v) is 15.9. The summed E-state index contributed by atoms with van der Waals surface area (Å²) in [5, 5.41) is 12.1. The average molecular weight is 382 g/mol. The van der Waals surface area contributed by atoms with Crippen LogP contribution in [0.1, 0.15) is 27.8 Å². The van der Waals surface area contributed by atoms with Crippen molar-refractivity contribution in [3.63, 3.8) is 0 Å². The van der Waals surface area contributed by atoms with E-state index in [1.165, 1.54) is 28.3 Å². The Balaban J connectivity index is 1.45. The summed E-state index contributed by atoms with van der Waals surface area (Å²) in [5.74, 6) is -0.546. The quantitative estimate of drug-likeness (QED) is 0.322. The van der Waals surface area contributed by atoms with Gasteiger partial charge < -0.3 is 5.32 Å². The Morgan fingerprint density at radius 2 is 1.72 bits per heavy atom. The Bertz CT molecular complexity index is 1080. The first-order chi connectivity index (χ1) is 14.2. The summed E-state index contributed by atoms with van der Waals surface area (Å²) in [6.45, 7) is 0.707. The maximum atomic E-state index is 11.1. The smallest absolute Gasteiger partial charge is 0.267 e. The molecule has 1 amide bonds. The fraction of sp³-hybridized carbons (Fsp3) is 0.0800. The molecule has 3 N–H and O–H groups in total. The third-order valence-corrected chi connectivity index (χ3v) is 5.04. The predicted octanol–water partition coefficient (Wildman–Crippen LogP) is 4.91. The lowest BCUT2D eigenvalue weighted by molar-refractivity contribution is -0.124. The number of benzene rings is 3. The molecule has 4 nitrogen and oxygen atoms in total. The molecule has 0 fully saturated rings. The second-order valence-electron chi connectivity index (χ2n) is 7.00. The highest BCUT2D eigenvalue weighted by atomic mass is 16.5. The largest absolute Gasteiger partial charge is 0.380 e. The third-order valence-electron chi connectivity index (χ3n) is 5.04. The van der Waals surface area contributed by atoms with Gasteiger partial charge >= 0.3 is 0 Å². The SMILES string of the molecule is O=C(/C=C/c1ccc(CNc2ccccc2C2=Cc3ccccc3C2)cc1)NO. The van der Waals surface area contributed by atoms with Crippen LogP contribution in [0.15, 0.2) is 78.9 Å². The van der Waals surface area contributed by atoms with Crippen molar-refractivity contribution in [3.8, 4) is 0 Å². The zero-order valence-electron chi connectivity index (χ0n) is 15.9. The van der Waals surface area contributed by atoms with E-state index in [1.807, 2.05) is 24.3 Å². The van der Waals surface area contributed by atoms with Gasteiger partial charge in [0, 0.05) is 23.9 Å². The van der Waals surface area contributed by atoms with Gasteiger partial charge in [-0.3, -0.25) is 10.0 Å². The number of nitrogens with one attached hydrogen (secondary N) is 2. The molecule has 0 aromatic heterocycles. The highest BCUT2D eigenvalue weighted by Gasteiger charge is 2.15. The second-order valence-corrected chi connectivity index (χ2v) is 7.00. The number of carbonyl (C=O) groups excluding carboxylic acids is 1. The van der Waals surface area contributed by atoms with E-state index in [1.54, 1.807) is 11.6 Å². The number of allylic oxidation sites excluding steroid dienone is 1. The maximum absolute atomic E-state index is 11.1. The van der Waals surface area contributed by atoms with Crippen molar-refractivity contribution >= 4 is 29.3 Å². The van der Waals surface area contributed by atoms with Crippen LogP contribution in [0.3, 0.4) is 0 Å². The first-order valence-corrected chi connectivity index (χ1v) is 9.56. The van der Waals surface area contributed by atoms with Crippen LogP contribution in [-0.2, 0) is 17.8 Å². The number of carbonyl (C=O) groups is 1. The zero-order chi connectivity index (χ0) is 20.1. The van der Waals surface area contributed by atoms with Crippen molar-refractivity contribution in [3.05, 3.63) is 107 Å². The lowest BCUT2D eigenvalue weighted by Gasteiger charge is -2.13. The molecular weight excluding hydrogens is 360 g/mol. The Morgan fingerprint density at radius 3 is 2.52 bits per heavy atom. The van der Waals surface area contributed by atoms with E-state index >= 15 is 0 Å². The van der Waals surface area contributed by atoms with Crippen molar-refractivity contribution in [2.24, 2.45) is 0 Å². The number of amides is 1. The monoisotopic (exact) mass is 382 g/mol. The Morgan fingerprint density at radius 1 is 0.966 bits per heavy atom. The fourth-order valence-electron chi connectivity index (χ4n) is 3.52. The number of anilines is 1. The molecule has 3 aromatic rings. The summed E-state index contributed by atoms with van der Waals surface area (Å²) >= 11 is 0. The van der Waals surface area contributed by atoms with E-state index in [9.17, 15) is 4.79 Å². The number of hydroxylamine groups is 1. The van der Waals surface area contributed by atoms with Crippen molar-refractivity contribution in [2.45, 2.75) is 13.0 Å². The minimum Gasteiger partial charge on any atom is -0.380 e. The van der Waals surface area contributed by atoms with Gasteiger partial charge in [-0.25, -0.2) is 5.48 Å². The molecule has 1 aliphatic rings. The van der Waals surface area contributed by atoms with Gasteiger partial charge in [0.25, 0.3) is 5.91 Å². The molecule has 0 aliphatic heterocycles. The van der Waals surface area contributed by atoms with E-state index in [-0.39, 0.29) is 0 Å². The topological polar surface area (TPSA) is 61.4 Å². The summed E-state index contributed by atoms with van der Waals surface area (Å²) in [5.41, 5.74) is 9.98. The van der Waals surface area contributed by atoms with E-state index in [0.29, 0.717) is 6.54 Å². The standard InChI is InChI=1S/C25H22N2O2/c28-25(27-29)14-13-18-9-11-19(12-10-18)17-26-24-8-4-3-7-23(24)22-15-20-5-1-2-6-21(20)16-22/h1-15,26,29H,16-17H2,(H,27,28)/b14-13+. The molecule has 0 unspecified atom stereocenters. The summed E-state index contributed by atoms with van der Waals surface area (Å²) in [6, 6.07) is 24.9. The van der Waals surface area contributed by atoms with Crippen molar-refractivity contribution in [1.29, 1.82) is 0 Å². The maximum Gasteiger partial charge on any atom is 0.267 e. The molecule has 0 saturated carbocycles. The Kier molecular flexibility index (Phi) is 5.54. The lowest BCUT2D eigenvalue weighted by atomic mass is 10.0. The minimum atomic E-state index is -0.546. The summed E-state index contributed by atoms with van der Waals surface area (Å²) in [7, 11) is 0. The van der Waals surface area contributed by atoms with Gasteiger partial charge in [0.1, 0.15) is 0 Å². The van der Waals surface area contributed by atoms with Crippen LogP contribution in [0.2, 0.25) is 0 Å². The van der Waals surface area contributed by atoms with E-state index in [0.717, 1.165) is 23.2 Å². The van der Waals surface area contributed by atoms with E-state index in [2.05, 4.69) is 59.9 Å². The molecule has 29 heavy (non-hydrogen) atoms. The number of hydrogen-bond donors (Lipinski definition) is 3. The summed E-state index contributed by atoms with van der Waals surface area (Å²) < 4.78 is 0. The number of hydrogen-bond acceptors (Lipinski definition) is 3. The van der Waals surface area contributed by atoms with Crippen LogP contribution < -0.4 is 10.8 Å². The van der Waals surface area contributed by atoms with Crippen LogP contribution in [-0.4, -0.2) is 11.1 Å². The van der Waals surface area contributed by atoms with Crippen molar-refractivity contribution < 1.29 is 10.0 Å². The minimum absolute atomic E-state index is 0.546. The lowest BCUT2D eigenvalue weighted by Crippen LogP contribution is -2.14. The van der Waals surface area contributed by atoms with Crippen LogP contribution >= 0.6 is 0 Å². The fourth-order valence-corrected chi connectivity index (χ4v) is 3.52. The Labute approximate surface area is 170 Å². The number of fused-ring (bicyclic) bond motifs is 1. The molecule has 0 saturated heterocycles. The van der Waals surface area contributed by atoms with Crippen LogP contribution in [0.5, 0.6) is 0 Å². The first kappa shape index (κ1) is 18.7. The molecule has 1 aliphatic carbocycles. The van der Waals surface area contributed by atoms with E-state index < -0.39 is 5.91 Å². The van der Waals surface area contributed by atoms with Gasteiger partial charge in [0.15, 0.2) is 0 Å². The van der Waals surface area contributed by atoms with Crippen molar-refractivity contribution in [1.82, 2.24) is 5.48 Å². The van der Waals surface area contributed by atoms with Crippen LogP contribution in [0.4, 0.5) is 5.69 Å². The molecule has 0 spiro atoms. The molecule has 144 valence electrons. The van der Waals surface area contributed by atoms with Gasteiger partial charge in [-0.1, -0.05) is 72.8 Å². The first-order valence-electron chi connectivity index (χ1n) is 9.56. The molecule has 0 bridgehead atoms. The molecule has 4 rings (SSSR count). The van der Waals surface area contributed by atoms with Gasteiger partial charge in [-0.2, -0.15) is 0 Å². The number of rotatable bonds is 6. The molecule has 0 atom stereocenters. The summed E-state index contributed by atoms with van der Waals surface area (Å²) in [6.07, 6.45) is 6.18.